The Balaban J connectivity index is 2.04. The molecule has 1 fully saturated rings. The van der Waals surface area contributed by atoms with Gasteiger partial charge in [0, 0.05) is 32.4 Å². The largest absolute Gasteiger partial charge is 0.380 e. The number of piperazine rings is 1. The van der Waals surface area contributed by atoms with Crippen molar-refractivity contribution in [2.24, 2.45) is 5.16 Å². The number of rotatable bonds is 3. The Labute approximate surface area is 67.2 Å². The molecule has 0 amide bonds. The first-order valence-corrected chi connectivity index (χ1v) is 3.96. The van der Waals surface area contributed by atoms with E-state index in [2.05, 4.69) is 15.4 Å². The van der Waals surface area contributed by atoms with Gasteiger partial charge in [0.05, 0.1) is 0 Å². The van der Waals surface area contributed by atoms with Crippen LogP contribution in [-0.2, 0) is 4.84 Å². The van der Waals surface area contributed by atoms with Gasteiger partial charge in [0.25, 0.3) is 0 Å². The molecule has 1 heterocycles. The fraction of sp³-hybridized carbons (Fsp3) is 0.857. The highest BCUT2D eigenvalue weighted by molar-refractivity contribution is 5.52. The Morgan fingerprint density at radius 3 is 2.91 bits per heavy atom. The summed E-state index contributed by atoms with van der Waals surface area (Å²) in [5.41, 5.74) is 0. The van der Waals surface area contributed by atoms with E-state index in [-0.39, 0.29) is 0 Å². The molecular weight excluding hydrogens is 142 g/mol. The molecule has 0 saturated carbocycles. The van der Waals surface area contributed by atoms with Crippen LogP contribution in [-0.4, -0.2) is 44.0 Å². The first-order chi connectivity index (χ1) is 5.43. The number of nitrogens with one attached hydrogen (secondary N) is 1. The average molecular weight is 157 g/mol. The van der Waals surface area contributed by atoms with E-state index in [0.29, 0.717) is 6.73 Å². The van der Waals surface area contributed by atoms with Gasteiger partial charge in [0.2, 0.25) is 0 Å². The van der Waals surface area contributed by atoms with Crippen molar-refractivity contribution in [3.8, 4) is 0 Å². The molecule has 1 aliphatic heterocycles. The normalized spacial score (nSPS) is 20.8. The lowest BCUT2D eigenvalue weighted by Crippen LogP contribution is -2.44. The number of nitrogens with zero attached hydrogens (tertiary/aromatic N) is 2. The van der Waals surface area contributed by atoms with Gasteiger partial charge in [-0.1, -0.05) is 5.16 Å². The van der Waals surface area contributed by atoms with Crippen molar-refractivity contribution in [2.45, 2.75) is 6.92 Å². The van der Waals surface area contributed by atoms with Crippen LogP contribution in [0.3, 0.4) is 0 Å². The molecule has 11 heavy (non-hydrogen) atoms. The van der Waals surface area contributed by atoms with E-state index < -0.39 is 0 Å². The van der Waals surface area contributed by atoms with E-state index in [0.717, 1.165) is 26.2 Å². The number of oxime groups is 1. The zero-order valence-corrected chi connectivity index (χ0v) is 6.92. The van der Waals surface area contributed by atoms with Crippen LogP contribution in [0.25, 0.3) is 0 Å². The van der Waals surface area contributed by atoms with E-state index in [1.165, 1.54) is 0 Å². The maximum Gasteiger partial charge on any atom is 0.170 e. The Bertz CT molecular complexity index is 121. The van der Waals surface area contributed by atoms with Gasteiger partial charge in [-0.15, -0.1) is 0 Å². The highest BCUT2D eigenvalue weighted by Crippen LogP contribution is 1.91. The van der Waals surface area contributed by atoms with Crippen LogP contribution in [0.15, 0.2) is 5.16 Å². The third-order valence-corrected chi connectivity index (χ3v) is 1.63. The maximum absolute atomic E-state index is 4.99. The Kier molecular flexibility index (Phi) is 3.93. The van der Waals surface area contributed by atoms with Crippen molar-refractivity contribution in [3.63, 3.8) is 0 Å². The number of hydrogen-bond donors (Lipinski definition) is 1. The Hall–Kier alpha value is -0.610. The lowest BCUT2D eigenvalue weighted by atomic mass is 10.4. The molecule has 0 unspecified atom stereocenters. The first-order valence-electron chi connectivity index (χ1n) is 3.96. The van der Waals surface area contributed by atoms with Crippen LogP contribution >= 0.6 is 0 Å². The van der Waals surface area contributed by atoms with E-state index in [4.69, 9.17) is 4.84 Å². The molecule has 0 atom stereocenters. The van der Waals surface area contributed by atoms with E-state index in [1.54, 1.807) is 6.21 Å². The summed E-state index contributed by atoms with van der Waals surface area (Å²) < 4.78 is 0. The summed E-state index contributed by atoms with van der Waals surface area (Å²) in [7, 11) is 0. The third kappa shape index (κ3) is 3.34. The topological polar surface area (TPSA) is 36.9 Å². The van der Waals surface area contributed by atoms with Gasteiger partial charge >= 0.3 is 0 Å². The smallest absolute Gasteiger partial charge is 0.170 e. The minimum atomic E-state index is 0.617. The lowest BCUT2D eigenvalue weighted by molar-refractivity contribution is 0.0268. The molecular formula is C7H15N3O. The maximum atomic E-state index is 4.99. The molecule has 0 aromatic rings. The minimum absolute atomic E-state index is 0.617. The Morgan fingerprint density at radius 2 is 2.27 bits per heavy atom. The fourth-order valence-corrected chi connectivity index (χ4v) is 1.03. The van der Waals surface area contributed by atoms with Gasteiger partial charge in [0.1, 0.15) is 0 Å². The molecule has 1 aliphatic rings. The van der Waals surface area contributed by atoms with Crippen LogP contribution in [0.2, 0.25) is 0 Å². The van der Waals surface area contributed by atoms with Crippen molar-refractivity contribution in [3.05, 3.63) is 0 Å². The highest BCUT2D eigenvalue weighted by atomic mass is 16.6. The second-order valence-corrected chi connectivity index (χ2v) is 2.49. The second-order valence-electron chi connectivity index (χ2n) is 2.49. The molecule has 64 valence electrons. The average Bonchev–Trinajstić information content (AvgIpc) is 2.07. The quantitative estimate of drug-likeness (QED) is 0.458. The summed E-state index contributed by atoms with van der Waals surface area (Å²) in [6.45, 7) is 6.68. The van der Waals surface area contributed by atoms with Crippen LogP contribution < -0.4 is 5.32 Å². The van der Waals surface area contributed by atoms with Crippen LogP contribution in [0.4, 0.5) is 0 Å². The molecule has 0 spiro atoms. The predicted molar refractivity (Wildman–Crippen MR) is 44.6 cm³/mol. The molecule has 4 heteroatoms. The molecule has 0 aromatic carbocycles. The Morgan fingerprint density at radius 1 is 1.55 bits per heavy atom. The van der Waals surface area contributed by atoms with Crippen molar-refractivity contribution in [2.75, 3.05) is 32.9 Å². The first kappa shape index (κ1) is 8.49. The van der Waals surface area contributed by atoms with E-state index >= 15 is 0 Å². The van der Waals surface area contributed by atoms with Gasteiger partial charge < -0.3 is 10.2 Å². The summed E-state index contributed by atoms with van der Waals surface area (Å²) in [4.78, 5) is 7.22. The van der Waals surface area contributed by atoms with Gasteiger partial charge in [-0.05, 0) is 6.92 Å². The van der Waals surface area contributed by atoms with Crippen molar-refractivity contribution < 1.29 is 4.84 Å². The van der Waals surface area contributed by atoms with Gasteiger partial charge in [-0.25, -0.2) is 0 Å². The fourth-order valence-electron chi connectivity index (χ4n) is 1.03. The summed E-state index contributed by atoms with van der Waals surface area (Å²) >= 11 is 0. The summed E-state index contributed by atoms with van der Waals surface area (Å²) in [6.07, 6.45) is 1.65. The zero-order chi connectivity index (χ0) is 7.94. The van der Waals surface area contributed by atoms with Gasteiger partial charge in [0.15, 0.2) is 6.73 Å². The molecule has 1 N–H and O–H groups in total. The van der Waals surface area contributed by atoms with Crippen LogP contribution in [0.1, 0.15) is 6.92 Å². The van der Waals surface area contributed by atoms with Gasteiger partial charge in [-0.3, -0.25) is 4.90 Å². The van der Waals surface area contributed by atoms with Crippen molar-refractivity contribution >= 4 is 6.21 Å². The van der Waals surface area contributed by atoms with Crippen molar-refractivity contribution in [1.82, 2.24) is 10.2 Å². The van der Waals surface area contributed by atoms with Crippen molar-refractivity contribution in [1.29, 1.82) is 0 Å². The van der Waals surface area contributed by atoms with Crippen LogP contribution in [0, 0.1) is 0 Å². The van der Waals surface area contributed by atoms with E-state index in [1.807, 2.05) is 6.92 Å². The molecule has 4 nitrogen and oxygen atoms in total. The molecule has 1 rings (SSSR count). The second kappa shape index (κ2) is 5.09. The monoisotopic (exact) mass is 157 g/mol. The summed E-state index contributed by atoms with van der Waals surface area (Å²) in [6, 6.07) is 0. The lowest BCUT2D eigenvalue weighted by Gasteiger charge is -2.25. The predicted octanol–water partition coefficient (Wildman–Crippen LogP) is -0.129. The minimum Gasteiger partial charge on any atom is -0.380 e. The van der Waals surface area contributed by atoms with Crippen LogP contribution in [0.5, 0.6) is 0 Å². The molecule has 0 radical (unpaired) electrons. The molecule has 0 aromatic heterocycles. The third-order valence-electron chi connectivity index (χ3n) is 1.63. The summed E-state index contributed by atoms with van der Waals surface area (Å²) in [5, 5.41) is 6.95. The molecule has 0 bridgehead atoms. The zero-order valence-electron chi connectivity index (χ0n) is 6.92. The summed E-state index contributed by atoms with van der Waals surface area (Å²) in [5.74, 6) is 0. The molecule has 0 aliphatic carbocycles. The molecule has 1 saturated heterocycles. The number of hydrogen-bond acceptors (Lipinski definition) is 4. The van der Waals surface area contributed by atoms with E-state index in [9.17, 15) is 0 Å². The van der Waals surface area contributed by atoms with Gasteiger partial charge in [-0.2, -0.15) is 0 Å². The SMILES string of the molecule is C/C=N\OCN1CCNCC1. The standard InChI is InChI=1S/C7H15N3O/c1-2-9-11-7-10-5-3-8-4-6-10/h2,8H,3-7H2,1H3/b9-2-. The highest BCUT2D eigenvalue weighted by Gasteiger charge is 2.08.